The number of H-pyrrole nitrogens is 1. The fraction of sp³-hybridized carbons (Fsp3) is 0.118. The van der Waals surface area contributed by atoms with Crippen LogP contribution >= 0.6 is 0 Å². The van der Waals surface area contributed by atoms with E-state index in [-0.39, 0.29) is 0 Å². The van der Waals surface area contributed by atoms with E-state index in [1.807, 2.05) is 41.2 Å². The smallest absolute Gasteiger partial charge is 0.231 e. The molecule has 0 saturated carbocycles. The summed E-state index contributed by atoms with van der Waals surface area (Å²) in [6.45, 7) is 0.636. The van der Waals surface area contributed by atoms with Gasteiger partial charge in [-0.1, -0.05) is 12.1 Å². The zero-order chi connectivity index (χ0) is 17.2. The molecule has 0 aliphatic heterocycles. The minimum atomic E-state index is 0.424. The summed E-state index contributed by atoms with van der Waals surface area (Å²) in [6, 6.07) is 9.73. The fourth-order valence-electron chi connectivity index (χ4n) is 2.62. The van der Waals surface area contributed by atoms with Gasteiger partial charge in [0, 0.05) is 12.4 Å². The van der Waals surface area contributed by atoms with Gasteiger partial charge in [0.15, 0.2) is 0 Å². The molecule has 1 aromatic carbocycles. The minimum absolute atomic E-state index is 0.424. The Morgan fingerprint density at radius 2 is 2.20 bits per heavy atom. The number of nitrogens with two attached hydrogens (primary N) is 1. The molecule has 8 heteroatoms. The summed E-state index contributed by atoms with van der Waals surface area (Å²) in [5.41, 5.74) is 8.52. The summed E-state index contributed by atoms with van der Waals surface area (Å²) in [5, 5.41) is 8.29. The first-order valence-electron chi connectivity index (χ1n) is 7.74. The standard InChI is InChI=1S/C17H17N7O/c1-25-13-4-2-3-11(7-13)9-24-10-12(8-20-24)21-17-22-15(18)14-5-6-19-16(14)23-17/h2-8,10H,9H2,1H3,(H4,18,19,21,22,23). The highest BCUT2D eigenvalue weighted by Gasteiger charge is 2.07. The summed E-state index contributed by atoms with van der Waals surface area (Å²) in [7, 11) is 1.65. The van der Waals surface area contributed by atoms with E-state index in [2.05, 4.69) is 25.4 Å². The van der Waals surface area contributed by atoms with Crippen molar-refractivity contribution < 1.29 is 4.74 Å². The van der Waals surface area contributed by atoms with E-state index in [1.165, 1.54) is 0 Å². The van der Waals surface area contributed by atoms with Gasteiger partial charge < -0.3 is 20.8 Å². The molecule has 3 heterocycles. The molecule has 0 fully saturated rings. The lowest BCUT2D eigenvalue weighted by Crippen LogP contribution is -2.01. The number of nitrogens with one attached hydrogen (secondary N) is 2. The molecule has 0 saturated heterocycles. The first-order valence-corrected chi connectivity index (χ1v) is 7.74. The van der Waals surface area contributed by atoms with Crippen LogP contribution in [0.15, 0.2) is 48.9 Å². The lowest BCUT2D eigenvalue weighted by atomic mass is 10.2. The Morgan fingerprint density at radius 1 is 1.28 bits per heavy atom. The van der Waals surface area contributed by atoms with Crippen molar-refractivity contribution in [3.63, 3.8) is 0 Å². The first-order chi connectivity index (χ1) is 12.2. The average molecular weight is 335 g/mol. The molecule has 0 aliphatic carbocycles. The summed E-state index contributed by atoms with van der Waals surface area (Å²) < 4.78 is 7.07. The Hall–Kier alpha value is -3.55. The Bertz CT molecular complexity index is 1020. The second-order valence-electron chi connectivity index (χ2n) is 5.58. The predicted octanol–water partition coefficient (Wildman–Crippen LogP) is 2.54. The largest absolute Gasteiger partial charge is 0.497 e. The van der Waals surface area contributed by atoms with Gasteiger partial charge in [-0.05, 0) is 23.8 Å². The van der Waals surface area contributed by atoms with Crippen molar-refractivity contribution in [2.45, 2.75) is 6.54 Å². The van der Waals surface area contributed by atoms with E-state index >= 15 is 0 Å². The van der Waals surface area contributed by atoms with Crippen molar-refractivity contribution in [1.82, 2.24) is 24.7 Å². The third kappa shape index (κ3) is 3.09. The summed E-state index contributed by atoms with van der Waals surface area (Å²) in [6.07, 6.45) is 5.39. The number of methoxy groups -OCH3 is 1. The molecular formula is C17H17N7O. The molecule has 25 heavy (non-hydrogen) atoms. The topological polar surface area (TPSA) is 107 Å². The van der Waals surface area contributed by atoms with Crippen LogP contribution in [0.5, 0.6) is 5.75 Å². The summed E-state index contributed by atoms with van der Waals surface area (Å²) in [5.74, 6) is 1.68. The van der Waals surface area contributed by atoms with Gasteiger partial charge in [0.25, 0.3) is 0 Å². The predicted molar refractivity (Wildman–Crippen MR) is 95.9 cm³/mol. The van der Waals surface area contributed by atoms with E-state index in [4.69, 9.17) is 10.5 Å². The van der Waals surface area contributed by atoms with Crippen LogP contribution in [-0.4, -0.2) is 31.8 Å². The zero-order valence-corrected chi connectivity index (χ0v) is 13.6. The number of aromatic amines is 1. The number of ether oxygens (including phenoxy) is 1. The third-order valence-corrected chi connectivity index (χ3v) is 3.81. The van der Waals surface area contributed by atoms with Crippen LogP contribution in [0.1, 0.15) is 5.56 Å². The van der Waals surface area contributed by atoms with Crippen molar-refractivity contribution in [2.24, 2.45) is 0 Å². The Kier molecular flexibility index (Phi) is 3.70. The van der Waals surface area contributed by atoms with Crippen LogP contribution in [0, 0.1) is 0 Å². The molecule has 0 atom stereocenters. The van der Waals surface area contributed by atoms with Crippen molar-refractivity contribution in [1.29, 1.82) is 0 Å². The summed E-state index contributed by atoms with van der Waals surface area (Å²) >= 11 is 0. The third-order valence-electron chi connectivity index (χ3n) is 3.81. The van der Waals surface area contributed by atoms with E-state index in [9.17, 15) is 0 Å². The molecule has 8 nitrogen and oxygen atoms in total. The molecule has 0 radical (unpaired) electrons. The van der Waals surface area contributed by atoms with Crippen LogP contribution < -0.4 is 15.8 Å². The quantitative estimate of drug-likeness (QED) is 0.517. The van der Waals surface area contributed by atoms with E-state index in [1.54, 1.807) is 19.5 Å². The molecule has 0 spiro atoms. The number of rotatable bonds is 5. The van der Waals surface area contributed by atoms with Crippen LogP contribution in [0.2, 0.25) is 0 Å². The van der Waals surface area contributed by atoms with Crippen LogP contribution in [0.25, 0.3) is 11.0 Å². The maximum absolute atomic E-state index is 5.95. The number of hydrogen-bond acceptors (Lipinski definition) is 6. The van der Waals surface area contributed by atoms with Gasteiger partial charge in [-0.2, -0.15) is 15.1 Å². The van der Waals surface area contributed by atoms with E-state index in [0.29, 0.717) is 24.0 Å². The molecule has 126 valence electrons. The fourth-order valence-corrected chi connectivity index (χ4v) is 2.62. The van der Waals surface area contributed by atoms with Crippen molar-refractivity contribution in [3.8, 4) is 5.75 Å². The van der Waals surface area contributed by atoms with Crippen LogP contribution in [0.4, 0.5) is 17.5 Å². The highest BCUT2D eigenvalue weighted by Crippen LogP contribution is 2.20. The molecular weight excluding hydrogens is 318 g/mol. The number of nitrogen functional groups attached to an aromatic ring is 1. The number of fused-ring (bicyclic) bond motifs is 1. The SMILES string of the molecule is COc1cccc(Cn2cc(Nc3nc(N)c4cc[nH]c4n3)cn2)c1. The Labute approximate surface area is 143 Å². The normalized spacial score (nSPS) is 10.9. The average Bonchev–Trinajstić information content (AvgIpc) is 3.25. The monoisotopic (exact) mass is 335 g/mol. The maximum Gasteiger partial charge on any atom is 0.231 e. The maximum atomic E-state index is 5.95. The molecule has 0 amide bonds. The Morgan fingerprint density at radius 3 is 3.08 bits per heavy atom. The van der Waals surface area contributed by atoms with E-state index in [0.717, 1.165) is 22.4 Å². The van der Waals surface area contributed by atoms with Gasteiger partial charge in [0.05, 0.1) is 30.9 Å². The van der Waals surface area contributed by atoms with Gasteiger partial charge in [-0.25, -0.2) is 0 Å². The highest BCUT2D eigenvalue weighted by molar-refractivity contribution is 5.87. The molecule has 3 aromatic heterocycles. The number of anilines is 3. The van der Waals surface area contributed by atoms with Crippen LogP contribution in [-0.2, 0) is 6.54 Å². The van der Waals surface area contributed by atoms with Crippen molar-refractivity contribution in [2.75, 3.05) is 18.2 Å². The van der Waals surface area contributed by atoms with Gasteiger partial charge in [-0.15, -0.1) is 0 Å². The van der Waals surface area contributed by atoms with Gasteiger partial charge in [0.1, 0.15) is 17.2 Å². The number of nitrogens with zero attached hydrogens (tertiary/aromatic N) is 4. The second-order valence-corrected chi connectivity index (χ2v) is 5.58. The molecule has 4 rings (SSSR count). The second kappa shape index (κ2) is 6.16. The minimum Gasteiger partial charge on any atom is -0.497 e. The molecule has 4 aromatic rings. The number of benzene rings is 1. The first kappa shape index (κ1) is 15.0. The molecule has 0 bridgehead atoms. The van der Waals surface area contributed by atoms with Crippen molar-refractivity contribution in [3.05, 3.63) is 54.5 Å². The lowest BCUT2D eigenvalue weighted by Gasteiger charge is -2.05. The van der Waals surface area contributed by atoms with E-state index < -0.39 is 0 Å². The zero-order valence-electron chi connectivity index (χ0n) is 13.6. The Balaban J connectivity index is 1.52. The van der Waals surface area contributed by atoms with Crippen molar-refractivity contribution >= 4 is 28.5 Å². The van der Waals surface area contributed by atoms with Gasteiger partial charge >= 0.3 is 0 Å². The lowest BCUT2D eigenvalue weighted by molar-refractivity contribution is 0.414. The summed E-state index contributed by atoms with van der Waals surface area (Å²) in [4.78, 5) is 11.7. The van der Waals surface area contributed by atoms with Gasteiger partial charge in [0.2, 0.25) is 5.95 Å². The molecule has 0 aliphatic rings. The number of aromatic nitrogens is 5. The highest BCUT2D eigenvalue weighted by atomic mass is 16.5. The van der Waals surface area contributed by atoms with Gasteiger partial charge in [-0.3, -0.25) is 4.68 Å². The molecule has 0 unspecified atom stereocenters. The molecule has 4 N–H and O–H groups in total. The van der Waals surface area contributed by atoms with Crippen LogP contribution in [0.3, 0.4) is 0 Å². The number of hydrogen-bond donors (Lipinski definition) is 3.